The van der Waals surface area contributed by atoms with Crippen molar-refractivity contribution in [1.82, 2.24) is 20.1 Å². The number of aryl methyl sites for hydroxylation is 1. The molecule has 138 valence electrons. The van der Waals surface area contributed by atoms with Crippen molar-refractivity contribution >= 4 is 23.2 Å². The maximum atomic E-state index is 13.0. The van der Waals surface area contributed by atoms with Crippen LogP contribution in [0.15, 0.2) is 5.38 Å². The number of nitrogens with one attached hydrogen (secondary N) is 1. The van der Waals surface area contributed by atoms with Gasteiger partial charge in [-0.25, -0.2) is 4.98 Å². The van der Waals surface area contributed by atoms with Gasteiger partial charge in [0.2, 0.25) is 11.8 Å². The van der Waals surface area contributed by atoms with Gasteiger partial charge < -0.3 is 10.2 Å². The first-order chi connectivity index (χ1) is 12.0. The van der Waals surface area contributed by atoms with E-state index in [1.807, 2.05) is 11.8 Å². The zero-order chi connectivity index (χ0) is 17.8. The van der Waals surface area contributed by atoms with Crippen LogP contribution in [0.4, 0.5) is 0 Å². The van der Waals surface area contributed by atoms with Crippen molar-refractivity contribution in [2.24, 2.45) is 5.92 Å². The van der Waals surface area contributed by atoms with Gasteiger partial charge in [-0.05, 0) is 25.7 Å². The van der Waals surface area contributed by atoms with E-state index in [0.717, 1.165) is 69.1 Å². The SMILES string of the molecule is CC(=O)NC(C(=O)N1CCN(Cc2csc(C)n2)CC1)C1CCCC1. The van der Waals surface area contributed by atoms with Gasteiger partial charge in [0.05, 0.1) is 10.7 Å². The van der Waals surface area contributed by atoms with Crippen LogP contribution in [0.2, 0.25) is 0 Å². The summed E-state index contributed by atoms with van der Waals surface area (Å²) in [5.41, 5.74) is 1.12. The second-order valence-electron chi connectivity index (χ2n) is 7.18. The monoisotopic (exact) mass is 364 g/mol. The summed E-state index contributed by atoms with van der Waals surface area (Å²) in [4.78, 5) is 33.3. The van der Waals surface area contributed by atoms with Gasteiger partial charge in [0.15, 0.2) is 0 Å². The number of hydrogen-bond acceptors (Lipinski definition) is 5. The molecule has 1 saturated carbocycles. The molecule has 1 unspecified atom stereocenters. The topological polar surface area (TPSA) is 65.5 Å². The number of thiazole rings is 1. The Bertz CT molecular complexity index is 604. The summed E-state index contributed by atoms with van der Waals surface area (Å²) in [7, 11) is 0. The Labute approximate surface area is 153 Å². The van der Waals surface area contributed by atoms with E-state index in [1.54, 1.807) is 11.3 Å². The molecule has 0 spiro atoms. The Morgan fingerprint density at radius 2 is 1.96 bits per heavy atom. The Morgan fingerprint density at radius 3 is 2.52 bits per heavy atom. The Hall–Kier alpha value is -1.47. The molecule has 7 heteroatoms. The third-order valence-electron chi connectivity index (χ3n) is 5.23. The van der Waals surface area contributed by atoms with Crippen LogP contribution >= 0.6 is 11.3 Å². The molecular formula is C18H28N4O2S. The van der Waals surface area contributed by atoms with Gasteiger partial charge in [-0.3, -0.25) is 14.5 Å². The lowest BCUT2D eigenvalue weighted by Crippen LogP contribution is -2.56. The fourth-order valence-corrected chi connectivity index (χ4v) is 4.53. The number of piperazine rings is 1. The van der Waals surface area contributed by atoms with Gasteiger partial charge in [0.1, 0.15) is 6.04 Å². The first kappa shape index (κ1) is 18.3. The van der Waals surface area contributed by atoms with Gasteiger partial charge in [0, 0.05) is 45.0 Å². The summed E-state index contributed by atoms with van der Waals surface area (Å²) in [5.74, 6) is 0.293. The number of rotatable bonds is 5. The average molecular weight is 365 g/mol. The molecule has 0 bridgehead atoms. The van der Waals surface area contributed by atoms with E-state index in [1.165, 1.54) is 6.92 Å². The molecule has 2 heterocycles. The van der Waals surface area contributed by atoms with Crippen molar-refractivity contribution < 1.29 is 9.59 Å². The molecule has 1 aliphatic carbocycles. The quantitative estimate of drug-likeness (QED) is 0.865. The molecule has 1 atom stereocenters. The summed E-state index contributed by atoms with van der Waals surface area (Å²) in [6.45, 7) is 7.55. The lowest BCUT2D eigenvalue weighted by molar-refractivity contribution is -0.139. The molecule has 2 amide bonds. The smallest absolute Gasteiger partial charge is 0.245 e. The summed E-state index contributed by atoms with van der Waals surface area (Å²) in [6.07, 6.45) is 4.41. The maximum Gasteiger partial charge on any atom is 0.245 e. The number of carbonyl (C=O) groups is 2. The van der Waals surface area contributed by atoms with E-state index in [2.05, 4.69) is 20.6 Å². The van der Waals surface area contributed by atoms with Crippen LogP contribution in [0, 0.1) is 12.8 Å². The summed E-state index contributed by atoms with van der Waals surface area (Å²) in [6, 6.07) is -0.340. The van der Waals surface area contributed by atoms with E-state index in [-0.39, 0.29) is 17.9 Å². The van der Waals surface area contributed by atoms with Crippen LogP contribution < -0.4 is 5.32 Å². The molecule has 0 aromatic carbocycles. The summed E-state index contributed by atoms with van der Waals surface area (Å²) in [5, 5.41) is 6.13. The second kappa shape index (κ2) is 8.27. The zero-order valence-corrected chi connectivity index (χ0v) is 16.0. The van der Waals surface area contributed by atoms with Crippen LogP contribution in [-0.2, 0) is 16.1 Å². The van der Waals surface area contributed by atoms with E-state index >= 15 is 0 Å². The zero-order valence-electron chi connectivity index (χ0n) is 15.2. The highest BCUT2D eigenvalue weighted by atomic mass is 32.1. The number of hydrogen-bond donors (Lipinski definition) is 1. The molecule has 1 aliphatic heterocycles. The van der Waals surface area contributed by atoms with Gasteiger partial charge in [-0.1, -0.05) is 12.8 Å². The molecule has 1 aromatic heterocycles. The molecule has 1 aromatic rings. The van der Waals surface area contributed by atoms with Crippen LogP contribution in [0.3, 0.4) is 0 Å². The van der Waals surface area contributed by atoms with Crippen molar-refractivity contribution in [3.63, 3.8) is 0 Å². The Kier molecular flexibility index (Phi) is 6.06. The first-order valence-electron chi connectivity index (χ1n) is 9.22. The minimum atomic E-state index is -0.340. The van der Waals surface area contributed by atoms with Crippen molar-refractivity contribution in [3.8, 4) is 0 Å². The van der Waals surface area contributed by atoms with Crippen LogP contribution in [0.25, 0.3) is 0 Å². The summed E-state index contributed by atoms with van der Waals surface area (Å²) < 4.78 is 0. The standard InChI is InChI=1S/C18H28N4O2S/c1-13(23)19-17(15-5-3-4-6-15)18(24)22-9-7-21(8-10-22)11-16-12-25-14(2)20-16/h12,15,17H,3-11H2,1-2H3,(H,19,23). The van der Waals surface area contributed by atoms with Crippen molar-refractivity contribution in [3.05, 3.63) is 16.1 Å². The van der Waals surface area contributed by atoms with E-state index in [0.29, 0.717) is 5.92 Å². The molecule has 1 N–H and O–H groups in total. The van der Waals surface area contributed by atoms with Gasteiger partial charge in [-0.15, -0.1) is 11.3 Å². The molecule has 2 aliphatic rings. The molecular weight excluding hydrogens is 336 g/mol. The fourth-order valence-electron chi connectivity index (χ4n) is 3.92. The minimum absolute atomic E-state index is 0.103. The third kappa shape index (κ3) is 4.79. The highest BCUT2D eigenvalue weighted by Crippen LogP contribution is 2.29. The number of aromatic nitrogens is 1. The average Bonchev–Trinajstić information content (AvgIpc) is 3.24. The largest absolute Gasteiger partial charge is 0.344 e. The lowest BCUT2D eigenvalue weighted by atomic mass is 9.96. The summed E-state index contributed by atoms with van der Waals surface area (Å²) >= 11 is 1.68. The van der Waals surface area contributed by atoms with Gasteiger partial charge in [-0.2, -0.15) is 0 Å². The first-order valence-corrected chi connectivity index (χ1v) is 10.1. The molecule has 1 saturated heterocycles. The predicted molar refractivity (Wildman–Crippen MR) is 98.3 cm³/mol. The third-order valence-corrected chi connectivity index (χ3v) is 6.05. The minimum Gasteiger partial charge on any atom is -0.344 e. The highest BCUT2D eigenvalue weighted by molar-refractivity contribution is 7.09. The van der Waals surface area contributed by atoms with Gasteiger partial charge >= 0.3 is 0 Å². The number of nitrogens with zero attached hydrogens (tertiary/aromatic N) is 3. The normalized spacial score (nSPS) is 20.6. The van der Waals surface area contributed by atoms with Crippen LogP contribution in [0.1, 0.15) is 43.3 Å². The van der Waals surface area contributed by atoms with Crippen molar-refractivity contribution in [2.45, 2.75) is 52.1 Å². The molecule has 25 heavy (non-hydrogen) atoms. The number of amides is 2. The van der Waals surface area contributed by atoms with E-state index in [9.17, 15) is 9.59 Å². The number of carbonyl (C=O) groups excluding carboxylic acids is 2. The van der Waals surface area contributed by atoms with Crippen molar-refractivity contribution in [2.75, 3.05) is 26.2 Å². The van der Waals surface area contributed by atoms with Crippen LogP contribution in [-0.4, -0.2) is 58.8 Å². The second-order valence-corrected chi connectivity index (χ2v) is 8.24. The van der Waals surface area contributed by atoms with Crippen molar-refractivity contribution in [1.29, 1.82) is 0 Å². The fraction of sp³-hybridized carbons (Fsp3) is 0.722. The Morgan fingerprint density at radius 1 is 1.28 bits per heavy atom. The van der Waals surface area contributed by atoms with E-state index in [4.69, 9.17) is 0 Å². The maximum absolute atomic E-state index is 13.0. The lowest BCUT2D eigenvalue weighted by Gasteiger charge is -2.37. The molecule has 0 radical (unpaired) electrons. The van der Waals surface area contributed by atoms with Gasteiger partial charge in [0.25, 0.3) is 0 Å². The molecule has 3 rings (SSSR count). The van der Waals surface area contributed by atoms with Crippen LogP contribution in [0.5, 0.6) is 0 Å². The van der Waals surface area contributed by atoms with E-state index < -0.39 is 0 Å². The molecule has 6 nitrogen and oxygen atoms in total. The highest BCUT2D eigenvalue weighted by Gasteiger charge is 2.35. The Balaban J connectivity index is 1.54. The predicted octanol–water partition coefficient (Wildman–Crippen LogP) is 1.79. The molecule has 2 fully saturated rings.